The van der Waals surface area contributed by atoms with Crippen LogP contribution in [0, 0.1) is 0 Å². The molecule has 1 aliphatic heterocycles. The highest BCUT2D eigenvalue weighted by atomic mass is 16.5. The molecular weight excluding hydrogens is 254 g/mol. The molecule has 0 amide bonds. The fourth-order valence-corrected chi connectivity index (χ4v) is 2.49. The molecular formula is C15H21N3O2. The Labute approximate surface area is 118 Å². The summed E-state index contributed by atoms with van der Waals surface area (Å²) in [5, 5.41) is 0. The SMILES string of the molecule is CCC(N)(CC)c1nc2cc3c(cc2[nH]1)OCCCO3. The highest BCUT2D eigenvalue weighted by Crippen LogP contribution is 2.34. The third-order valence-corrected chi connectivity index (χ3v) is 4.08. The zero-order chi connectivity index (χ0) is 14.2. The molecule has 5 heteroatoms. The van der Waals surface area contributed by atoms with E-state index in [9.17, 15) is 0 Å². The molecule has 2 aromatic rings. The van der Waals surface area contributed by atoms with E-state index in [-0.39, 0.29) is 0 Å². The number of hydrogen-bond donors (Lipinski definition) is 2. The van der Waals surface area contributed by atoms with Gasteiger partial charge in [0, 0.05) is 18.6 Å². The molecule has 0 radical (unpaired) electrons. The minimum absolute atomic E-state index is 0.405. The van der Waals surface area contributed by atoms with Gasteiger partial charge >= 0.3 is 0 Å². The van der Waals surface area contributed by atoms with Crippen LogP contribution in [0.25, 0.3) is 11.0 Å². The van der Waals surface area contributed by atoms with Crippen molar-refractivity contribution in [3.05, 3.63) is 18.0 Å². The number of benzene rings is 1. The summed E-state index contributed by atoms with van der Waals surface area (Å²) >= 11 is 0. The van der Waals surface area contributed by atoms with Crippen LogP contribution in [0.1, 0.15) is 38.9 Å². The van der Waals surface area contributed by atoms with Crippen LogP contribution in [0.3, 0.4) is 0 Å². The molecule has 20 heavy (non-hydrogen) atoms. The lowest BCUT2D eigenvalue weighted by Crippen LogP contribution is -2.36. The van der Waals surface area contributed by atoms with Crippen LogP contribution in [0.4, 0.5) is 0 Å². The summed E-state index contributed by atoms with van der Waals surface area (Å²) in [5.41, 5.74) is 7.82. The first-order valence-corrected chi connectivity index (χ1v) is 7.25. The summed E-state index contributed by atoms with van der Waals surface area (Å²) < 4.78 is 11.4. The number of rotatable bonds is 3. The van der Waals surface area contributed by atoms with Gasteiger partial charge in [0.25, 0.3) is 0 Å². The molecule has 2 heterocycles. The first-order chi connectivity index (χ1) is 9.66. The number of aromatic nitrogens is 2. The van der Waals surface area contributed by atoms with E-state index in [2.05, 4.69) is 23.8 Å². The molecule has 0 spiro atoms. The van der Waals surface area contributed by atoms with Crippen LogP contribution in [0.15, 0.2) is 12.1 Å². The van der Waals surface area contributed by atoms with Crippen LogP contribution in [-0.4, -0.2) is 23.2 Å². The van der Waals surface area contributed by atoms with Crippen molar-refractivity contribution in [3.63, 3.8) is 0 Å². The fraction of sp³-hybridized carbons (Fsp3) is 0.533. The van der Waals surface area contributed by atoms with Gasteiger partial charge in [-0.25, -0.2) is 4.98 Å². The molecule has 0 fully saturated rings. The van der Waals surface area contributed by atoms with E-state index in [1.54, 1.807) is 0 Å². The quantitative estimate of drug-likeness (QED) is 0.903. The molecule has 5 nitrogen and oxygen atoms in total. The van der Waals surface area contributed by atoms with Crippen LogP contribution in [0.5, 0.6) is 11.5 Å². The predicted octanol–water partition coefficient (Wildman–Crippen LogP) is 2.70. The first kappa shape index (κ1) is 13.2. The second-order valence-electron chi connectivity index (χ2n) is 5.32. The average Bonchev–Trinajstić information content (AvgIpc) is 2.75. The number of hydrogen-bond acceptors (Lipinski definition) is 4. The lowest BCUT2D eigenvalue weighted by Gasteiger charge is -2.23. The molecule has 0 aliphatic carbocycles. The topological polar surface area (TPSA) is 73.2 Å². The summed E-state index contributed by atoms with van der Waals surface area (Å²) in [7, 11) is 0. The summed E-state index contributed by atoms with van der Waals surface area (Å²) in [6, 6.07) is 3.89. The maximum atomic E-state index is 6.40. The number of aromatic amines is 1. The standard InChI is InChI=1S/C15H21N3O2/c1-3-15(16,4-2)14-17-10-8-12-13(9-11(10)18-14)20-7-5-6-19-12/h8-9H,3-7,16H2,1-2H3,(H,17,18). The van der Waals surface area contributed by atoms with Gasteiger partial charge in [-0.05, 0) is 12.8 Å². The Bertz CT molecular complexity index is 574. The van der Waals surface area contributed by atoms with Crippen LogP contribution >= 0.6 is 0 Å². The second kappa shape index (κ2) is 4.98. The number of nitrogens with zero attached hydrogens (tertiary/aromatic N) is 1. The molecule has 108 valence electrons. The molecule has 0 bridgehead atoms. The monoisotopic (exact) mass is 275 g/mol. The first-order valence-electron chi connectivity index (χ1n) is 7.25. The van der Waals surface area contributed by atoms with Gasteiger partial charge in [-0.2, -0.15) is 0 Å². The number of nitrogens with two attached hydrogens (primary N) is 1. The van der Waals surface area contributed by atoms with Gasteiger partial charge in [-0.1, -0.05) is 13.8 Å². The Morgan fingerprint density at radius 3 is 2.50 bits per heavy atom. The van der Waals surface area contributed by atoms with Gasteiger partial charge in [0.15, 0.2) is 11.5 Å². The Hall–Kier alpha value is -1.75. The molecule has 3 rings (SSSR count). The number of H-pyrrole nitrogens is 1. The van der Waals surface area contributed by atoms with E-state index in [0.717, 1.165) is 47.6 Å². The zero-order valence-corrected chi connectivity index (χ0v) is 12.0. The van der Waals surface area contributed by atoms with Crippen molar-refractivity contribution in [1.29, 1.82) is 0 Å². The lowest BCUT2D eigenvalue weighted by atomic mass is 9.93. The maximum Gasteiger partial charge on any atom is 0.163 e. The molecule has 0 saturated carbocycles. The van der Waals surface area contributed by atoms with E-state index < -0.39 is 5.54 Å². The normalized spacial score (nSPS) is 15.3. The third-order valence-electron chi connectivity index (χ3n) is 4.08. The predicted molar refractivity (Wildman–Crippen MR) is 78.1 cm³/mol. The fourth-order valence-electron chi connectivity index (χ4n) is 2.49. The minimum Gasteiger partial charge on any atom is -0.489 e. The average molecular weight is 275 g/mol. The number of ether oxygens (including phenoxy) is 2. The van der Waals surface area contributed by atoms with Crippen molar-refractivity contribution in [2.75, 3.05) is 13.2 Å². The maximum absolute atomic E-state index is 6.40. The number of imidazole rings is 1. The summed E-state index contributed by atoms with van der Waals surface area (Å²) in [4.78, 5) is 7.99. The van der Waals surface area contributed by atoms with Crippen molar-refractivity contribution in [1.82, 2.24) is 9.97 Å². The Balaban J connectivity index is 2.08. The largest absolute Gasteiger partial charge is 0.489 e. The zero-order valence-electron chi connectivity index (χ0n) is 12.0. The van der Waals surface area contributed by atoms with Crippen molar-refractivity contribution in [3.8, 4) is 11.5 Å². The van der Waals surface area contributed by atoms with E-state index in [0.29, 0.717) is 13.2 Å². The van der Waals surface area contributed by atoms with E-state index in [1.165, 1.54) is 0 Å². The molecule has 0 atom stereocenters. The van der Waals surface area contributed by atoms with Crippen LogP contribution in [0.2, 0.25) is 0 Å². The van der Waals surface area contributed by atoms with E-state index >= 15 is 0 Å². The highest BCUT2D eigenvalue weighted by Gasteiger charge is 2.27. The Morgan fingerprint density at radius 2 is 1.85 bits per heavy atom. The van der Waals surface area contributed by atoms with Gasteiger partial charge < -0.3 is 20.2 Å². The van der Waals surface area contributed by atoms with E-state index in [4.69, 9.17) is 15.2 Å². The van der Waals surface area contributed by atoms with Gasteiger partial charge in [-0.15, -0.1) is 0 Å². The summed E-state index contributed by atoms with van der Waals surface area (Å²) in [6.45, 7) is 5.53. The van der Waals surface area contributed by atoms with Crippen LogP contribution < -0.4 is 15.2 Å². The van der Waals surface area contributed by atoms with Gasteiger partial charge in [0.1, 0.15) is 5.82 Å². The highest BCUT2D eigenvalue weighted by molar-refractivity contribution is 5.80. The van der Waals surface area contributed by atoms with Crippen molar-refractivity contribution in [2.24, 2.45) is 5.73 Å². The molecule has 3 N–H and O–H groups in total. The van der Waals surface area contributed by atoms with Crippen molar-refractivity contribution < 1.29 is 9.47 Å². The summed E-state index contributed by atoms with van der Waals surface area (Å²) in [6.07, 6.45) is 2.59. The Morgan fingerprint density at radius 1 is 1.20 bits per heavy atom. The smallest absolute Gasteiger partial charge is 0.163 e. The van der Waals surface area contributed by atoms with E-state index in [1.807, 2.05) is 12.1 Å². The van der Waals surface area contributed by atoms with Crippen molar-refractivity contribution in [2.45, 2.75) is 38.6 Å². The molecule has 1 aromatic heterocycles. The molecule has 0 unspecified atom stereocenters. The van der Waals surface area contributed by atoms with Gasteiger partial charge in [-0.3, -0.25) is 0 Å². The van der Waals surface area contributed by atoms with Crippen LogP contribution in [-0.2, 0) is 5.54 Å². The van der Waals surface area contributed by atoms with Gasteiger partial charge in [0.2, 0.25) is 0 Å². The molecule has 0 saturated heterocycles. The number of fused-ring (bicyclic) bond motifs is 2. The molecule has 1 aromatic carbocycles. The second-order valence-corrected chi connectivity index (χ2v) is 5.32. The van der Waals surface area contributed by atoms with Gasteiger partial charge in [0.05, 0.1) is 29.8 Å². The summed E-state index contributed by atoms with van der Waals surface area (Å²) in [5.74, 6) is 2.38. The minimum atomic E-state index is -0.405. The number of nitrogens with one attached hydrogen (secondary N) is 1. The Kier molecular flexibility index (Phi) is 3.30. The lowest BCUT2D eigenvalue weighted by molar-refractivity contribution is 0.297. The molecule has 1 aliphatic rings. The van der Waals surface area contributed by atoms with Crippen molar-refractivity contribution >= 4 is 11.0 Å². The third kappa shape index (κ3) is 2.12.